The van der Waals surface area contributed by atoms with Gasteiger partial charge in [0.05, 0.1) is 12.5 Å². The van der Waals surface area contributed by atoms with Crippen LogP contribution in [0.2, 0.25) is 0 Å². The minimum absolute atomic E-state index is 0.0434. The summed E-state index contributed by atoms with van der Waals surface area (Å²) >= 11 is 0. The number of carbonyl (C=O) groups excluding carboxylic acids is 1. The number of benzene rings is 1. The van der Waals surface area contributed by atoms with Crippen molar-refractivity contribution in [2.24, 2.45) is 5.92 Å². The number of carbonyl (C=O) groups is 1. The van der Waals surface area contributed by atoms with Crippen LogP contribution in [0.25, 0.3) is 0 Å². The van der Waals surface area contributed by atoms with Crippen molar-refractivity contribution in [1.29, 1.82) is 0 Å². The number of anilines is 1. The van der Waals surface area contributed by atoms with Crippen LogP contribution in [0.3, 0.4) is 0 Å². The van der Waals surface area contributed by atoms with E-state index in [0.717, 1.165) is 6.42 Å². The van der Waals surface area contributed by atoms with Crippen molar-refractivity contribution < 1.29 is 14.6 Å². The molecule has 1 fully saturated rings. The highest BCUT2D eigenvalue weighted by Crippen LogP contribution is 2.18. The van der Waals surface area contributed by atoms with Crippen molar-refractivity contribution in [2.45, 2.75) is 6.42 Å². The lowest BCUT2D eigenvalue weighted by molar-refractivity contribution is -0.119. The fraction of sp³-hybridized carbons (Fsp3) is 0.364. The van der Waals surface area contributed by atoms with E-state index in [-0.39, 0.29) is 17.6 Å². The first-order chi connectivity index (χ1) is 7.25. The molecule has 15 heavy (non-hydrogen) atoms. The summed E-state index contributed by atoms with van der Waals surface area (Å²) in [5.41, 5.74) is 0.617. The molecule has 1 aromatic carbocycles. The molecule has 1 atom stereocenters. The van der Waals surface area contributed by atoms with E-state index in [2.05, 4.69) is 5.32 Å². The van der Waals surface area contributed by atoms with Crippen LogP contribution in [0.15, 0.2) is 24.3 Å². The van der Waals surface area contributed by atoms with Crippen molar-refractivity contribution in [3.05, 3.63) is 24.3 Å². The van der Waals surface area contributed by atoms with E-state index in [9.17, 15) is 9.90 Å². The first kappa shape index (κ1) is 9.98. The van der Waals surface area contributed by atoms with Crippen LogP contribution in [0.4, 0.5) is 5.69 Å². The lowest BCUT2D eigenvalue weighted by Gasteiger charge is -2.09. The van der Waals surface area contributed by atoms with Gasteiger partial charge in [-0.15, -0.1) is 0 Å². The molecular weight excluding hydrogens is 194 g/mol. The molecule has 0 spiro atoms. The molecule has 0 bridgehead atoms. The molecule has 0 radical (unpaired) electrons. The quantitative estimate of drug-likeness (QED) is 0.770. The zero-order valence-electron chi connectivity index (χ0n) is 8.27. The maximum Gasteiger partial charge on any atom is 0.229 e. The Morgan fingerprint density at radius 1 is 1.53 bits per heavy atom. The molecule has 4 heteroatoms. The predicted molar refractivity (Wildman–Crippen MR) is 55.7 cm³/mol. The number of nitrogens with one attached hydrogen (secondary N) is 1. The van der Waals surface area contributed by atoms with Crippen LogP contribution in [0.5, 0.6) is 5.75 Å². The van der Waals surface area contributed by atoms with Crippen molar-refractivity contribution >= 4 is 11.6 Å². The molecule has 0 aromatic heterocycles. The Morgan fingerprint density at radius 2 is 2.40 bits per heavy atom. The summed E-state index contributed by atoms with van der Waals surface area (Å²) < 4.78 is 5.13. The Labute approximate surface area is 87.9 Å². The van der Waals surface area contributed by atoms with E-state index in [0.29, 0.717) is 18.9 Å². The van der Waals surface area contributed by atoms with Crippen LogP contribution in [0.1, 0.15) is 6.42 Å². The van der Waals surface area contributed by atoms with Crippen molar-refractivity contribution in [3.8, 4) is 5.75 Å². The maximum atomic E-state index is 11.7. The number of aromatic hydroxyl groups is 1. The van der Waals surface area contributed by atoms with Crippen LogP contribution in [0, 0.1) is 5.92 Å². The number of hydrogen-bond donors (Lipinski definition) is 2. The van der Waals surface area contributed by atoms with Crippen LogP contribution >= 0.6 is 0 Å². The average molecular weight is 207 g/mol. The van der Waals surface area contributed by atoms with Gasteiger partial charge in [0.25, 0.3) is 0 Å². The summed E-state index contributed by atoms with van der Waals surface area (Å²) in [6.07, 6.45) is 0.769. The second-order valence-corrected chi connectivity index (χ2v) is 3.60. The van der Waals surface area contributed by atoms with Gasteiger partial charge in [-0.25, -0.2) is 0 Å². The SMILES string of the molecule is O=C(Nc1cccc(O)c1)C1CCOC1. The topological polar surface area (TPSA) is 58.6 Å². The Morgan fingerprint density at radius 3 is 3.07 bits per heavy atom. The Balaban J connectivity index is 1.99. The van der Waals surface area contributed by atoms with Crippen molar-refractivity contribution in [3.63, 3.8) is 0 Å². The minimum atomic E-state index is -0.0626. The highest BCUT2D eigenvalue weighted by molar-refractivity contribution is 5.92. The smallest absolute Gasteiger partial charge is 0.229 e. The van der Waals surface area contributed by atoms with Gasteiger partial charge in [0.1, 0.15) is 5.75 Å². The molecule has 1 amide bonds. The number of phenols is 1. The molecule has 0 saturated carbocycles. The highest BCUT2D eigenvalue weighted by atomic mass is 16.5. The summed E-state index contributed by atoms with van der Waals surface area (Å²) in [6, 6.07) is 6.52. The standard InChI is InChI=1S/C11H13NO3/c13-10-3-1-2-9(6-10)12-11(14)8-4-5-15-7-8/h1-3,6,8,13H,4-5,7H2,(H,12,14). The van der Waals surface area contributed by atoms with Gasteiger partial charge in [-0.2, -0.15) is 0 Å². The van der Waals surface area contributed by atoms with Crippen LogP contribution in [-0.4, -0.2) is 24.2 Å². The van der Waals surface area contributed by atoms with Gasteiger partial charge in [0.2, 0.25) is 5.91 Å². The maximum absolute atomic E-state index is 11.7. The number of phenolic OH excluding ortho intramolecular Hbond substituents is 1. The Hall–Kier alpha value is -1.55. The van der Waals surface area contributed by atoms with E-state index in [4.69, 9.17) is 4.74 Å². The molecular formula is C11H13NO3. The first-order valence-electron chi connectivity index (χ1n) is 4.93. The highest BCUT2D eigenvalue weighted by Gasteiger charge is 2.23. The zero-order chi connectivity index (χ0) is 10.7. The predicted octanol–water partition coefficient (Wildman–Crippen LogP) is 1.37. The Kier molecular flexibility index (Phi) is 2.87. The second-order valence-electron chi connectivity index (χ2n) is 3.60. The van der Waals surface area contributed by atoms with E-state index in [1.54, 1.807) is 18.2 Å². The van der Waals surface area contributed by atoms with Gasteiger partial charge in [0.15, 0.2) is 0 Å². The summed E-state index contributed by atoms with van der Waals surface area (Å²) in [5.74, 6) is 0.0425. The fourth-order valence-corrected chi connectivity index (χ4v) is 1.57. The number of ether oxygens (including phenoxy) is 1. The van der Waals surface area contributed by atoms with E-state index in [1.165, 1.54) is 6.07 Å². The number of hydrogen-bond acceptors (Lipinski definition) is 3. The third kappa shape index (κ3) is 2.47. The van der Waals surface area contributed by atoms with E-state index in [1.807, 2.05) is 0 Å². The molecule has 1 unspecified atom stereocenters. The van der Waals surface area contributed by atoms with Gasteiger partial charge >= 0.3 is 0 Å². The summed E-state index contributed by atoms with van der Waals surface area (Å²) in [6.45, 7) is 1.14. The molecule has 4 nitrogen and oxygen atoms in total. The Bertz CT molecular complexity index is 359. The van der Waals surface area contributed by atoms with Gasteiger partial charge in [-0.1, -0.05) is 6.07 Å². The van der Waals surface area contributed by atoms with Gasteiger partial charge in [0, 0.05) is 18.4 Å². The molecule has 1 aromatic rings. The minimum Gasteiger partial charge on any atom is -0.508 e. The largest absolute Gasteiger partial charge is 0.508 e. The molecule has 1 aliphatic rings. The fourth-order valence-electron chi connectivity index (χ4n) is 1.57. The number of rotatable bonds is 2. The molecule has 2 rings (SSSR count). The molecule has 1 aliphatic heterocycles. The van der Waals surface area contributed by atoms with Gasteiger partial charge in [-0.3, -0.25) is 4.79 Å². The molecule has 2 N–H and O–H groups in total. The zero-order valence-corrected chi connectivity index (χ0v) is 8.27. The van der Waals surface area contributed by atoms with Crippen LogP contribution in [-0.2, 0) is 9.53 Å². The molecule has 0 aliphatic carbocycles. The lowest BCUT2D eigenvalue weighted by atomic mass is 10.1. The van der Waals surface area contributed by atoms with Crippen molar-refractivity contribution in [1.82, 2.24) is 0 Å². The van der Waals surface area contributed by atoms with Gasteiger partial charge in [-0.05, 0) is 18.6 Å². The van der Waals surface area contributed by atoms with Crippen LogP contribution < -0.4 is 5.32 Å². The average Bonchev–Trinajstić information content (AvgIpc) is 2.70. The molecule has 1 saturated heterocycles. The summed E-state index contributed by atoms with van der Waals surface area (Å²) in [7, 11) is 0. The summed E-state index contributed by atoms with van der Waals surface area (Å²) in [4.78, 5) is 11.7. The molecule has 1 heterocycles. The summed E-state index contributed by atoms with van der Waals surface area (Å²) in [5, 5.41) is 12.0. The third-order valence-corrected chi connectivity index (χ3v) is 2.41. The third-order valence-electron chi connectivity index (χ3n) is 2.41. The second kappa shape index (κ2) is 4.31. The van der Waals surface area contributed by atoms with Gasteiger partial charge < -0.3 is 15.2 Å². The molecule has 80 valence electrons. The lowest BCUT2D eigenvalue weighted by Crippen LogP contribution is -2.22. The first-order valence-corrected chi connectivity index (χ1v) is 4.93. The normalized spacial score (nSPS) is 20.1. The number of amides is 1. The van der Waals surface area contributed by atoms with E-state index < -0.39 is 0 Å². The van der Waals surface area contributed by atoms with E-state index >= 15 is 0 Å². The monoisotopic (exact) mass is 207 g/mol. The van der Waals surface area contributed by atoms with Crippen molar-refractivity contribution in [2.75, 3.05) is 18.5 Å².